The molecular weight excluding hydrogens is 945 g/mol. The summed E-state index contributed by atoms with van der Waals surface area (Å²) >= 11 is 12.0. The van der Waals surface area contributed by atoms with Gasteiger partial charge in [0.05, 0.1) is 24.7 Å². The summed E-state index contributed by atoms with van der Waals surface area (Å²) in [6.45, 7) is 2.48. The van der Waals surface area contributed by atoms with Crippen molar-refractivity contribution in [1.29, 1.82) is 0 Å². The van der Waals surface area contributed by atoms with Crippen LogP contribution in [-0.4, -0.2) is 131 Å². The number of hydrogen-bond donors (Lipinski definition) is 3. The molecule has 0 bridgehead atoms. The van der Waals surface area contributed by atoms with Crippen LogP contribution in [0.2, 0.25) is 23.7 Å². The van der Waals surface area contributed by atoms with E-state index >= 15 is 0 Å². The van der Waals surface area contributed by atoms with Crippen molar-refractivity contribution in [3.63, 3.8) is 0 Å². The highest BCUT2D eigenvalue weighted by Crippen LogP contribution is 2.38. The average molecular weight is 995 g/mol. The summed E-state index contributed by atoms with van der Waals surface area (Å²) < 4.78 is 66.8. The Morgan fingerprint density at radius 3 is 1.44 bits per heavy atom. The van der Waals surface area contributed by atoms with Gasteiger partial charge in [-0.05, 0) is 110 Å². The first-order valence-electron chi connectivity index (χ1n) is 21.7. The highest BCUT2D eigenvalue weighted by molar-refractivity contribution is 7.85. The molecule has 2 radical (unpaired) electrons. The van der Waals surface area contributed by atoms with E-state index in [0.29, 0.717) is 63.9 Å². The predicted molar refractivity (Wildman–Crippen MR) is 258 cm³/mol. The molecule has 0 saturated carbocycles. The summed E-state index contributed by atoms with van der Waals surface area (Å²) in [5.41, 5.74) is 3.74. The lowest BCUT2D eigenvalue weighted by Crippen LogP contribution is -2.40. The Kier molecular flexibility index (Phi) is 20.4. The van der Waals surface area contributed by atoms with E-state index in [1.54, 1.807) is 42.5 Å². The van der Waals surface area contributed by atoms with Gasteiger partial charge in [0.15, 0.2) is 0 Å². The zero-order valence-corrected chi connectivity index (χ0v) is 39.8. The van der Waals surface area contributed by atoms with Crippen molar-refractivity contribution in [3.05, 3.63) is 118 Å². The molecule has 2 heterocycles. The smallest absolute Gasteiger partial charge is 0.427 e. The Morgan fingerprint density at radius 2 is 1.09 bits per heavy atom. The lowest BCUT2D eigenvalue weighted by Gasteiger charge is -2.27. The number of carbonyl (C=O) groups excluding carboxylic acids is 4. The van der Waals surface area contributed by atoms with Crippen molar-refractivity contribution in [2.75, 3.05) is 32.7 Å². The molecule has 2 aliphatic heterocycles. The number of aliphatic hydroxyl groups excluding tert-OH is 1. The zero-order chi connectivity index (χ0) is 49.7. The van der Waals surface area contributed by atoms with Crippen LogP contribution in [-0.2, 0) is 55.6 Å². The number of rotatable bonds is 22. The van der Waals surface area contributed by atoms with Crippen LogP contribution < -0.4 is 0 Å². The number of hydrogen-bond acceptors (Lipinski definition) is 12. The normalized spacial score (nSPS) is 20.2. The second-order valence-electron chi connectivity index (χ2n) is 16.5. The van der Waals surface area contributed by atoms with Crippen LogP contribution in [0.1, 0.15) is 24.0 Å². The summed E-state index contributed by atoms with van der Waals surface area (Å²) in [4.78, 5) is 51.3. The van der Waals surface area contributed by atoms with E-state index in [-0.39, 0.29) is 62.4 Å². The first-order valence-corrected chi connectivity index (χ1v) is 24.3. The van der Waals surface area contributed by atoms with E-state index in [2.05, 4.69) is 0 Å². The number of halogens is 4. The quantitative estimate of drug-likeness (QED) is 0.0549. The van der Waals surface area contributed by atoms with Crippen molar-refractivity contribution < 1.29 is 65.0 Å². The molecule has 4 aromatic carbocycles. The van der Waals surface area contributed by atoms with Crippen molar-refractivity contribution in [1.82, 2.24) is 9.62 Å². The number of nitrogens with zero attached hydrogens (tertiary/aromatic N) is 2. The highest BCUT2D eigenvalue weighted by atomic mass is 35.5. The van der Waals surface area contributed by atoms with Crippen molar-refractivity contribution in [2.24, 2.45) is 23.7 Å². The summed E-state index contributed by atoms with van der Waals surface area (Å²) in [5.74, 6) is -3.44. The molecule has 6 unspecified atom stereocenters. The molecule has 2 amide bonds. The molecule has 68 heavy (non-hydrogen) atoms. The van der Waals surface area contributed by atoms with Gasteiger partial charge in [-0.1, -0.05) is 71.7 Å². The molecule has 0 aliphatic carbocycles. The van der Waals surface area contributed by atoms with Crippen LogP contribution in [0.5, 0.6) is 0 Å². The summed E-state index contributed by atoms with van der Waals surface area (Å²) in [7, 11) is -3.46. The third kappa shape index (κ3) is 14.8. The minimum atomic E-state index is -3.68. The van der Waals surface area contributed by atoms with Crippen LogP contribution in [0, 0.1) is 35.3 Å². The molecule has 6 rings (SSSR count). The van der Waals surface area contributed by atoms with Crippen molar-refractivity contribution in [3.8, 4) is 22.3 Å². The Morgan fingerprint density at radius 1 is 0.691 bits per heavy atom. The maximum absolute atomic E-state index is 14.3. The fourth-order valence-corrected chi connectivity index (χ4v) is 9.48. The summed E-state index contributed by atoms with van der Waals surface area (Å²) in [6, 6.07) is 22.1. The number of carbonyl (C=O) groups is 4. The van der Waals surface area contributed by atoms with Gasteiger partial charge in [-0.3, -0.25) is 13.8 Å². The summed E-state index contributed by atoms with van der Waals surface area (Å²) in [5, 5.41) is 29.4. The molecule has 2 fully saturated rings. The standard InChI is InChI=1S/C23H26B2ClFNO7S.C22H24B2ClFNO5/c1-25(31)34-13-20-18(9-10-35-36(2,32)33)22(28(23(20)30)24-14-29)11-15-3-5-16(6-4-15)19-12-17(26)7-8-21(19)27;1-24(31)32-12-19-17(8-9-28)21(27(22(19)30)23-13-29)10-14-2-4-15(5-3-14)18-11-16(25)6-7-20(18)26/h3-8,12,14,18,20,22,31H,9-11,13H2,1-2H3;2-7,11,13,17,19,21,28,31H,8-10,12H2,1H3. The van der Waals surface area contributed by atoms with Crippen LogP contribution in [0.15, 0.2) is 84.9 Å². The number of aliphatic hydroxyl groups is 1. The van der Waals surface area contributed by atoms with Gasteiger partial charge < -0.3 is 43.7 Å². The minimum Gasteiger partial charge on any atom is -0.427 e. The van der Waals surface area contributed by atoms with E-state index in [0.717, 1.165) is 24.8 Å². The number of amides is 2. The predicted octanol–water partition coefficient (Wildman–Crippen LogP) is 4.88. The third-order valence-electron chi connectivity index (χ3n) is 11.8. The second kappa shape index (κ2) is 25.4. The first-order chi connectivity index (χ1) is 32.3. The van der Waals surface area contributed by atoms with Gasteiger partial charge in [0.1, 0.15) is 24.0 Å². The van der Waals surface area contributed by atoms with E-state index in [9.17, 15) is 51.5 Å². The van der Waals surface area contributed by atoms with E-state index in [1.807, 2.05) is 12.1 Å². The molecule has 14 nitrogen and oxygen atoms in total. The van der Waals surface area contributed by atoms with Gasteiger partial charge in [0.25, 0.3) is 10.1 Å². The molecule has 0 spiro atoms. The average Bonchev–Trinajstić information content (AvgIpc) is 3.67. The largest absolute Gasteiger partial charge is 0.450 e. The Hall–Kier alpha value is -4.43. The zero-order valence-electron chi connectivity index (χ0n) is 37.5. The molecule has 6 atom stereocenters. The van der Waals surface area contributed by atoms with E-state index < -0.39 is 54.0 Å². The fourth-order valence-electron chi connectivity index (χ4n) is 8.73. The lowest BCUT2D eigenvalue weighted by molar-refractivity contribution is -0.129. The molecular formula is C45H50B4Cl2F2N2O12S. The maximum atomic E-state index is 14.3. The maximum Gasteiger partial charge on any atom is 0.450 e. The van der Waals surface area contributed by atoms with Crippen LogP contribution in [0.25, 0.3) is 22.3 Å². The Balaban J connectivity index is 0.000000256. The molecule has 0 aromatic heterocycles. The van der Waals surface area contributed by atoms with Gasteiger partial charge in [0, 0.05) is 53.1 Å². The molecule has 358 valence electrons. The van der Waals surface area contributed by atoms with Crippen molar-refractivity contribution >= 4 is 86.6 Å². The number of benzene rings is 4. The molecule has 4 aromatic rings. The topological polar surface area (TPSA) is 197 Å². The van der Waals surface area contributed by atoms with Gasteiger partial charge in [-0.15, -0.1) is 0 Å². The summed E-state index contributed by atoms with van der Waals surface area (Å²) in [6.07, 6.45) is 3.33. The first kappa shape index (κ1) is 54.5. The molecule has 2 aliphatic rings. The van der Waals surface area contributed by atoms with Gasteiger partial charge in [-0.2, -0.15) is 8.42 Å². The Bertz CT molecular complexity index is 2470. The SMILES string of the molecule is CB(O)OCC1C(=O)N([B]C=O)C(Cc2ccc(-c3cc(Cl)ccc3F)cc2)C1CCO.CB(O)OCC1C(=O)N([B]C=O)C(Cc2ccc(-c3cc(Cl)ccc3F)cc2)C1CCOS(C)(=O)=O. The molecule has 3 N–H and O–H groups in total. The highest BCUT2D eigenvalue weighted by Gasteiger charge is 2.48. The van der Waals surface area contributed by atoms with E-state index in [1.165, 1.54) is 61.0 Å². The molecule has 2 saturated heterocycles. The van der Waals surface area contributed by atoms with Crippen LogP contribution in [0.4, 0.5) is 8.78 Å². The van der Waals surface area contributed by atoms with E-state index in [4.69, 9.17) is 36.7 Å². The van der Waals surface area contributed by atoms with Crippen molar-refractivity contribution in [2.45, 2.75) is 51.4 Å². The second-order valence-corrected chi connectivity index (χ2v) is 19.0. The van der Waals surface area contributed by atoms with Crippen LogP contribution in [0.3, 0.4) is 0 Å². The van der Waals surface area contributed by atoms with Gasteiger partial charge >= 0.3 is 29.1 Å². The van der Waals surface area contributed by atoms with Gasteiger partial charge in [0.2, 0.25) is 11.8 Å². The third-order valence-corrected chi connectivity index (χ3v) is 12.9. The fraction of sp³-hybridized carbons (Fsp3) is 0.378. The van der Waals surface area contributed by atoms with Gasteiger partial charge in [-0.25, -0.2) is 8.78 Å². The monoisotopic (exact) mass is 994 g/mol. The Labute approximate surface area is 407 Å². The van der Waals surface area contributed by atoms with Crippen LogP contribution >= 0.6 is 23.2 Å². The minimum absolute atomic E-state index is 0.00611. The lowest BCUT2D eigenvalue weighted by atomic mass is 9.83. The molecule has 23 heteroatoms.